The molecule has 0 aliphatic heterocycles. The van der Waals surface area contributed by atoms with Crippen molar-refractivity contribution in [1.29, 1.82) is 0 Å². The summed E-state index contributed by atoms with van der Waals surface area (Å²) in [5, 5.41) is 3.61. The first-order valence-electron chi connectivity index (χ1n) is 6.51. The predicted octanol–water partition coefficient (Wildman–Crippen LogP) is 4.15. The second kappa shape index (κ2) is 8.96. The van der Waals surface area contributed by atoms with E-state index in [1.165, 1.54) is 25.7 Å². The fraction of sp³-hybridized carbons (Fsp3) is 0.857. The fourth-order valence-corrected chi connectivity index (χ4v) is 1.86. The van der Waals surface area contributed by atoms with Gasteiger partial charge in [-0.3, -0.25) is 0 Å². The van der Waals surface area contributed by atoms with E-state index in [1.54, 1.807) is 5.57 Å². The van der Waals surface area contributed by atoms with Crippen LogP contribution in [0, 0.1) is 5.92 Å². The van der Waals surface area contributed by atoms with Crippen molar-refractivity contribution in [3.8, 4) is 0 Å². The zero-order valence-corrected chi connectivity index (χ0v) is 11.3. The largest absolute Gasteiger partial charge is 0.314 e. The molecule has 90 valence electrons. The van der Waals surface area contributed by atoms with Gasteiger partial charge >= 0.3 is 0 Å². The Labute approximate surface area is 96.3 Å². The summed E-state index contributed by atoms with van der Waals surface area (Å²) in [5.74, 6) is 0.847. The molecule has 0 aliphatic carbocycles. The highest BCUT2D eigenvalue weighted by Gasteiger charge is 2.06. The van der Waals surface area contributed by atoms with E-state index in [-0.39, 0.29) is 0 Å². The molecule has 0 amide bonds. The normalized spacial score (nSPS) is 16.5. The summed E-state index contributed by atoms with van der Waals surface area (Å²) in [6.45, 7) is 12.4. The van der Waals surface area contributed by atoms with Crippen molar-refractivity contribution >= 4 is 0 Å². The Morgan fingerprint density at radius 3 is 2.40 bits per heavy atom. The third kappa shape index (κ3) is 7.61. The zero-order valence-electron chi connectivity index (χ0n) is 11.3. The lowest BCUT2D eigenvalue weighted by Crippen LogP contribution is -2.28. The van der Waals surface area contributed by atoms with Gasteiger partial charge in [0.25, 0.3) is 0 Å². The van der Waals surface area contributed by atoms with Gasteiger partial charge in [0.1, 0.15) is 0 Å². The third-order valence-electron chi connectivity index (χ3n) is 3.25. The van der Waals surface area contributed by atoms with Crippen molar-refractivity contribution in [3.05, 3.63) is 11.6 Å². The fourth-order valence-electron chi connectivity index (χ4n) is 1.86. The topological polar surface area (TPSA) is 12.0 Å². The van der Waals surface area contributed by atoms with Crippen molar-refractivity contribution in [2.45, 2.75) is 66.3 Å². The monoisotopic (exact) mass is 211 g/mol. The van der Waals surface area contributed by atoms with Crippen LogP contribution in [0.4, 0.5) is 0 Å². The van der Waals surface area contributed by atoms with E-state index in [9.17, 15) is 0 Å². The van der Waals surface area contributed by atoms with Gasteiger partial charge in [0.2, 0.25) is 0 Å². The van der Waals surface area contributed by atoms with Gasteiger partial charge in [0.05, 0.1) is 0 Å². The number of nitrogens with one attached hydrogen (secondary N) is 1. The van der Waals surface area contributed by atoms with Gasteiger partial charge in [-0.1, -0.05) is 38.8 Å². The molecule has 0 fully saturated rings. The molecule has 0 radical (unpaired) electrons. The van der Waals surface area contributed by atoms with E-state index in [1.807, 2.05) is 0 Å². The van der Waals surface area contributed by atoms with Crippen LogP contribution < -0.4 is 5.32 Å². The summed E-state index contributed by atoms with van der Waals surface area (Å²) in [7, 11) is 0. The zero-order chi connectivity index (χ0) is 11.7. The molecule has 0 spiro atoms. The number of hydrogen-bond acceptors (Lipinski definition) is 1. The minimum Gasteiger partial charge on any atom is -0.314 e. The van der Waals surface area contributed by atoms with E-state index >= 15 is 0 Å². The summed E-state index contributed by atoms with van der Waals surface area (Å²) in [5.41, 5.74) is 1.57. The molecule has 0 aromatic carbocycles. The van der Waals surface area contributed by atoms with E-state index in [4.69, 9.17) is 0 Å². The Kier molecular flexibility index (Phi) is 8.79. The molecule has 2 unspecified atom stereocenters. The molecule has 0 heterocycles. The van der Waals surface area contributed by atoms with E-state index in [0.29, 0.717) is 6.04 Å². The highest BCUT2D eigenvalue weighted by atomic mass is 14.9. The molecule has 0 aliphatic rings. The molecular weight excluding hydrogens is 182 g/mol. The van der Waals surface area contributed by atoms with Crippen LogP contribution in [0.3, 0.4) is 0 Å². The molecule has 0 aromatic rings. The van der Waals surface area contributed by atoms with Crippen LogP contribution in [0.25, 0.3) is 0 Å². The molecule has 1 nitrogen and oxygen atoms in total. The summed E-state index contributed by atoms with van der Waals surface area (Å²) in [4.78, 5) is 0. The molecular formula is C14H29N. The average molecular weight is 211 g/mol. The van der Waals surface area contributed by atoms with Crippen molar-refractivity contribution < 1.29 is 0 Å². The van der Waals surface area contributed by atoms with Gasteiger partial charge in [0, 0.05) is 6.04 Å². The lowest BCUT2D eigenvalue weighted by atomic mass is 10.0. The first kappa shape index (κ1) is 14.7. The van der Waals surface area contributed by atoms with Gasteiger partial charge in [-0.15, -0.1) is 0 Å². The summed E-state index contributed by atoms with van der Waals surface area (Å²) < 4.78 is 0. The second-order valence-corrected chi connectivity index (χ2v) is 4.65. The molecule has 0 rings (SSSR count). The minimum atomic E-state index is 0.662. The van der Waals surface area contributed by atoms with Gasteiger partial charge in [-0.2, -0.15) is 0 Å². The SMILES string of the molecule is CC=C(CC)CCNC(C)CC(C)CC. The molecule has 15 heavy (non-hydrogen) atoms. The average Bonchev–Trinajstić information content (AvgIpc) is 2.24. The van der Waals surface area contributed by atoms with E-state index in [0.717, 1.165) is 12.5 Å². The molecule has 0 bridgehead atoms. The summed E-state index contributed by atoms with van der Waals surface area (Å²) >= 11 is 0. The van der Waals surface area contributed by atoms with Crippen molar-refractivity contribution in [3.63, 3.8) is 0 Å². The lowest BCUT2D eigenvalue weighted by molar-refractivity contribution is 0.414. The van der Waals surface area contributed by atoms with Crippen LogP contribution in [-0.2, 0) is 0 Å². The van der Waals surface area contributed by atoms with Gasteiger partial charge < -0.3 is 5.32 Å². The molecule has 0 saturated heterocycles. The summed E-state index contributed by atoms with van der Waals surface area (Å²) in [6, 6.07) is 0.662. The van der Waals surface area contributed by atoms with Gasteiger partial charge in [-0.05, 0) is 45.6 Å². The maximum absolute atomic E-state index is 3.61. The van der Waals surface area contributed by atoms with Crippen LogP contribution in [0.1, 0.15) is 60.3 Å². The molecule has 0 aromatic heterocycles. The van der Waals surface area contributed by atoms with Gasteiger partial charge in [-0.25, -0.2) is 0 Å². The first-order chi connectivity index (χ1) is 7.13. The van der Waals surface area contributed by atoms with E-state index in [2.05, 4.69) is 46.0 Å². The van der Waals surface area contributed by atoms with Crippen molar-refractivity contribution in [2.75, 3.05) is 6.54 Å². The lowest BCUT2D eigenvalue weighted by Gasteiger charge is -2.17. The van der Waals surface area contributed by atoms with E-state index < -0.39 is 0 Å². The third-order valence-corrected chi connectivity index (χ3v) is 3.25. The smallest absolute Gasteiger partial charge is 0.00413 e. The number of hydrogen-bond donors (Lipinski definition) is 1. The highest BCUT2D eigenvalue weighted by molar-refractivity contribution is 4.99. The Bertz CT molecular complexity index is 172. The van der Waals surface area contributed by atoms with Crippen LogP contribution in [-0.4, -0.2) is 12.6 Å². The Morgan fingerprint density at radius 1 is 1.27 bits per heavy atom. The molecule has 2 atom stereocenters. The second-order valence-electron chi connectivity index (χ2n) is 4.65. The molecule has 1 heteroatoms. The quantitative estimate of drug-likeness (QED) is 0.595. The number of rotatable bonds is 8. The Hall–Kier alpha value is -0.300. The van der Waals surface area contributed by atoms with Crippen LogP contribution in [0.5, 0.6) is 0 Å². The van der Waals surface area contributed by atoms with Gasteiger partial charge in [0.15, 0.2) is 0 Å². The maximum Gasteiger partial charge on any atom is 0.00413 e. The first-order valence-corrected chi connectivity index (χ1v) is 6.51. The molecule has 0 saturated carbocycles. The van der Waals surface area contributed by atoms with Crippen LogP contribution >= 0.6 is 0 Å². The number of allylic oxidation sites excluding steroid dienone is 1. The molecule has 1 N–H and O–H groups in total. The van der Waals surface area contributed by atoms with Crippen LogP contribution in [0.2, 0.25) is 0 Å². The predicted molar refractivity (Wildman–Crippen MR) is 70.2 cm³/mol. The Morgan fingerprint density at radius 2 is 1.93 bits per heavy atom. The standard InChI is InChI=1S/C14H29N/c1-6-12(4)11-13(5)15-10-9-14(7-2)8-3/h7,12-13,15H,6,8-11H2,1-5H3. The maximum atomic E-state index is 3.61. The highest BCUT2D eigenvalue weighted by Crippen LogP contribution is 2.10. The van der Waals surface area contributed by atoms with Crippen molar-refractivity contribution in [2.24, 2.45) is 5.92 Å². The summed E-state index contributed by atoms with van der Waals surface area (Å²) in [6.07, 6.45) is 7.24. The van der Waals surface area contributed by atoms with Crippen LogP contribution in [0.15, 0.2) is 11.6 Å². The minimum absolute atomic E-state index is 0.662. The Balaban J connectivity index is 3.58. The van der Waals surface area contributed by atoms with Crippen molar-refractivity contribution in [1.82, 2.24) is 5.32 Å².